The van der Waals surface area contributed by atoms with Crippen molar-refractivity contribution in [2.45, 2.75) is 25.8 Å². The van der Waals surface area contributed by atoms with Crippen LogP contribution in [0.1, 0.15) is 39.4 Å². The highest BCUT2D eigenvalue weighted by atomic mass is 35.5. The lowest BCUT2D eigenvalue weighted by atomic mass is 10.1. The first-order chi connectivity index (χ1) is 26.2. The summed E-state index contributed by atoms with van der Waals surface area (Å²) in [5.41, 5.74) is 0.733. The lowest BCUT2D eigenvalue weighted by Gasteiger charge is -2.28. The number of esters is 2. The van der Waals surface area contributed by atoms with Crippen LogP contribution < -0.4 is 32.1 Å². The minimum absolute atomic E-state index is 0.0884. The van der Waals surface area contributed by atoms with Crippen molar-refractivity contribution < 1.29 is 23.9 Å². The van der Waals surface area contributed by atoms with Gasteiger partial charge in [-0.05, 0) is 87.0 Å². The molecule has 6 rings (SSSR count). The van der Waals surface area contributed by atoms with E-state index in [1.807, 2.05) is 91.0 Å². The second-order valence-corrected chi connectivity index (χ2v) is 17.5. The Labute approximate surface area is 326 Å². The van der Waals surface area contributed by atoms with Gasteiger partial charge in [0.2, 0.25) is 11.2 Å². The maximum absolute atomic E-state index is 14.8. The van der Waals surface area contributed by atoms with Crippen LogP contribution in [0.4, 0.5) is 5.00 Å². The summed E-state index contributed by atoms with van der Waals surface area (Å²) in [6.45, 7) is 5.23. The summed E-state index contributed by atoms with van der Waals surface area (Å²) < 4.78 is 10.5. The molecule has 0 unspecified atom stereocenters. The third-order valence-corrected chi connectivity index (χ3v) is 15.3. The Bertz CT molecular complexity index is 2240. The first kappa shape index (κ1) is 38.7. The van der Waals surface area contributed by atoms with Crippen molar-refractivity contribution in [2.75, 3.05) is 24.3 Å². The second kappa shape index (κ2) is 17.4. The van der Waals surface area contributed by atoms with Gasteiger partial charge in [-0.2, -0.15) is 0 Å². The van der Waals surface area contributed by atoms with E-state index in [0.29, 0.717) is 32.3 Å². The Morgan fingerprint density at radius 3 is 1.83 bits per heavy atom. The SMILES string of the molecule is CCOC(=O)c1sc(NC(=O)CSc2nc(-c3ccc(Cl)cc3)[nH]c(=O)c2[P+](c2ccccc2)(c2ccccc2)c2ccccc2)c(C(=O)OCC)c1C. The van der Waals surface area contributed by atoms with Crippen molar-refractivity contribution >= 4 is 86.0 Å². The summed E-state index contributed by atoms with van der Waals surface area (Å²) in [4.78, 5) is 62.9. The summed E-state index contributed by atoms with van der Waals surface area (Å²) in [6.07, 6.45) is 0. The Kier molecular flexibility index (Phi) is 12.4. The van der Waals surface area contributed by atoms with Gasteiger partial charge in [0.1, 0.15) is 36.6 Å². The lowest BCUT2D eigenvalue weighted by Crippen LogP contribution is -2.46. The normalized spacial score (nSPS) is 11.2. The molecule has 6 aromatic rings. The van der Waals surface area contributed by atoms with Crippen LogP contribution in [-0.4, -0.2) is 46.8 Å². The van der Waals surface area contributed by atoms with E-state index in [1.165, 1.54) is 0 Å². The molecule has 2 N–H and O–H groups in total. The molecule has 274 valence electrons. The molecule has 1 amide bonds. The number of aromatic nitrogens is 2. The fourth-order valence-corrected chi connectivity index (χ4v) is 12.9. The predicted molar refractivity (Wildman–Crippen MR) is 220 cm³/mol. The average Bonchev–Trinajstić information content (AvgIpc) is 3.51. The fraction of sp³-hybridized carbons (Fsp3) is 0.146. The van der Waals surface area contributed by atoms with E-state index in [4.69, 9.17) is 26.1 Å². The van der Waals surface area contributed by atoms with Crippen molar-refractivity contribution in [1.29, 1.82) is 0 Å². The van der Waals surface area contributed by atoms with E-state index in [0.717, 1.165) is 39.0 Å². The number of ether oxygens (including phenoxy) is 2. The van der Waals surface area contributed by atoms with Gasteiger partial charge in [-0.1, -0.05) is 78.0 Å². The summed E-state index contributed by atoms with van der Waals surface area (Å²) in [5, 5.41) is 7.12. The number of halogens is 1. The molecule has 54 heavy (non-hydrogen) atoms. The largest absolute Gasteiger partial charge is 0.462 e. The predicted octanol–water partition coefficient (Wildman–Crippen LogP) is 7.16. The molecule has 0 radical (unpaired) electrons. The van der Waals surface area contributed by atoms with E-state index < -0.39 is 25.1 Å². The number of hydrogen-bond donors (Lipinski definition) is 2. The molecule has 0 atom stereocenters. The molecule has 4 aromatic carbocycles. The molecule has 2 aromatic heterocycles. The third-order valence-electron chi connectivity index (χ3n) is 8.43. The zero-order valence-corrected chi connectivity index (χ0v) is 32.9. The molecule has 0 spiro atoms. The standard InChI is InChI=1S/C41H35ClN3O6PS2/c1-4-50-40(48)33-26(3)35(41(49)51-5-2)54-38(33)43-32(46)25-53-39-34(37(47)44-36(45-39)27-21-23-28(42)24-22-27)52(29-15-9-6-10-16-29,30-17-11-7-12-18-30)31-19-13-8-14-20-31/h6-24H,4-5,25H2,1-3H3,(H-,43,44,45,46,47,48,49)/p+1. The number of thiophene rings is 1. The van der Waals surface area contributed by atoms with Gasteiger partial charge in [-0.15, -0.1) is 11.3 Å². The number of rotatable bonds is 13. The van der Waals surface area contributed by atoms with E-state index in [9.17, 15) is 19.2 Å². The molecule has 0 saturated heterocycles. The van der Waals surface area contributed by atoms with Crippen LogP contribution in [0.5, 0.6) is 0 Å². The number of anilines is 1. The van der Waals surface area contributed by atoms with Crippen molar-refractivity contribution in [3.05, 3.63) is 147 Å². The van der Waals surface area contributed by atoms with Crippen LogP contribution >= 0.6 is 42.0 Å². The minimum Gasteiger partial charge on any atom is -0.462 e. The van der Waals surface area contributed by atoms with Crippen LogP contribution in [0, 0.1) is 6.92 Å². The van der Waals surface area contributed by atoms with Crippen LogP contribution in [-0.2, 0) is 14.3 Å². The van der Waals surface area contributed by atoms with Crippen molar-refractivity contribution in [3.63, 3.8) is 0 Å². The third kappa shape index (κ3) is 7.91. The quantitative estimate of drug-likeness (QED) is 0.0546. The molecular weight excluding hydrogens is 761 g/mol. The molecule has 9 nitrogen and oxygen atoms in total. The van der Waals surface area contributed by atoms with Crippen LogP contribution in [0.3, 0.4) is 0 Å². The molecule has 0 fully saturated rings. The number of nitrogens with one attached hydrogen (secondary N) is 2. The van der Waals surface area contributed by atoms with E-state index >= 15 is 0 Å². The van der Waals surface area contributed by atoms with E-state index in [-0.39, 0.29) is 40.0 Å². The van der Waals surface area contributed by atoms with Crippen LogP contribution in [0.25, 0.3) is 11.4 Å². The number of hydrogen-bond acceptors (Lipinski definition) is 9. The summed E-state index contributed by atoms with van der Waals surface area (Å²) in [6, 6.07) is 36.7. The molecule has 0 aliphatic carbocycles. The van der Waals surface area contributed by atoms with Gasteiger partial charge >= 0.3 is 11.9 Å². The number of benzene rings is 4. The first-order valence-corrected chi connectivity index (χ1v) is 21.0. The highest BCUT2D eigenvalue weighted by molar-refractivity contribution is 8.04. The maximum atomic E-state index is 14.8. The Hall–Kier alpha value is -5.06. The van der Waals surface area contributed by atoms with Gasteiger partial charge in [0, 0.05) is 10.6 Å². The number of amides is 1. The van der Waals surface area contributed by atoms with Crippen LogP contribution in [0.2, 0.25) is 5.02 Å². The van der Waals surface area contributed by atoms with Gasteiger partial charge < -0.3 is 19.8 Å². The topological polar surface area (TPSA) is 127 Å². The average molecular weight is 797 g/mol. The smallest absolute Gasteiger partial charge is 0.348 e. The second-order valence-electron chi connectivity index (χ2n) is 11.8. The monoisotopic (exact) mass is 796 g/mol. The summed E-state index contributed by atoms with van der Waals surface area (Å²) in [7, 11) is -2.97. The fourth-order valence-electron chi connectivity index (χ4n) is 6.12. The number of nitrogens with zero attached hydrogens (tertiary/aromatic N) is 1. The first-order valence-electron chi connectivity index (χ1n) is 17.1. The van der Waals surface area contributed by atoms with Crippen LogP contribution in [0.15, 0.2) is 125 Å². The minimum atomic E-state index is -2.97. The summed E-state index contributed by atoms with van der Waals surface area (Å²) in [5.74, 6) is -1.62. The molecular formula is C41H36ClN3O6PS2+. The number of aromatic amines is 1. The van der Waals surface area contributed by atoms with E-state index in [1.54, 1.807) is 45.0 Å². The number of thioether (sulfide) groups is 1. The van der Waals surface area contributed by atoms with E-state index in [2.05, 4.69) is 10.3 Å². The van der Waals surface area contributed by atoms with Gasteiger partial charge in [0.05, 0.1) is 24.5 Å². The number of H-pyrrole nitrogens is 1. The maximum Gasteiger partial charge on any atom is 0.348 e. The van der Waals surface area contributed by atoms with Gasteiger partial charge in [0.25, 0.3) is 5.56 Å². The van der Waals surface area contributed by atoms with Gasteiger partial charge in [0.15, 0.2) is 7.26 Å². The highest BCUT2D eigenvalue weighted by Gasteiger charge is 2.52. The molecule has 13 heteroatoms. The summed E-state index contributed by atoms with van der Waals surface area (Å²) >= 11 is 8.27. The zero-order valence-electron chi connectivity index (χ0n) is 29.6. The highest BCUT2D eigenvalue weighted by Crippen LogP contribution is 2.54. The Morgan fingerprint density at radius 2 is 1.31 bits per heavy atom. The van der Waals surface area contributed by atoms with Crippen molar-refractivity contribution in [2.24, 2.45) is 0 Å². The zero-order chi connectivity index (χ0) is 38.2. The molecule has 0 bridgehead atoms. The molecule has 0 aliphatic rings. The molecule has 2 heterocycles. The molecule has 0 aliphatic heterocycles. The van der Waals surface area contributed by atoms with Crippen molar-refractivity contribution in [1.82, 2.24) is 9.97 Å². The molecule has 0 saturated carbocycles. The Morgan fingerprint density at radius 1 is 0.796 bits per heavy atom. The number of carbonyl (C=O) groups is 3. The van der Waals surface area contributed by atoms with Gasteiger partial charge in [-0.3, -0.25) is 9.59 Å². The number of carbonyl (C=O) groups excluding carboxylic acids is 3. The Balaban J connectivity index is 1.51. The lowest BCUT2D eigenvalue weighted by molar-refractivity contribution is -0.113. The van der Waals surface area contributed by atoms with Gasteiger partial charge in [-0.25, -0.2) is 14.6 Å². The van der Waals surface area contributed by atoms with Crippen molar-refractivity contribution in [3.8, 4) is 11.4 Å².